The van der Waals surface area contributed by atoms with E-state index in [-0.39, 0.29) is 17.2 Å². The number of fused-ring (bicyclic) bond motifs is 1. The molecular weight excluding hydrogens is 342 g/mol. The Balaban J connectivity index is 2.17. The van der Waals surface area contributed by atoms with Crippen molar-refractivity contribution >= 4 is 28.5 Å². The molecule has 1 aromatic heterocycles. The predicted octanol–water partition coefficient (Wildman–Crippen LogP) is 4.61. The zero-order valence-corrected chi connectivity index (χ0v) is 16.7. The zero-order chi connectivity index (χ0) is 20.2. The molecule has 6 nitrogen and oxygen atoms in total. The third-order valence-electron chi connectivity index (χ3n) is 4.57. The molecule has 1 unspecified atom stereocenters. The maximum Gasteiger partial charge on any atom is 0.407 e. The standard InChI is InChI=1S/C21H29N3O3/c1-14(12-21(2,3)4)10-18(24(5)20(26)27)19(25)23-17-7-6-15-8-9-22-13-16(15)11-17/h6-9,11,13-14,18H,10,12H2,1-5H3,(H,23,25)(H,26,27)/t14?,18-/m0/s1. The van der Waals surface area contributed by atoms with E-state index in [1.807, 2.05) is 24.3 Å². The van der Waals surface area contributed by atoms with Gasteiger partial charge in [-0.1, -0.05) is 33.8 Å². The normalized spacial score (nSPS) is 13.8. The molecule has 6 heteroatoms. The van der Waals surface area contributed by atoms with Crippen molar-refractivity contribution in [2.75, 3.05) is 12.4 Å². The Morgan fingerprint density at radius 2 is 1.93 bits per heavy atom. The Morgan fingerprint density at radius 3 is 2.56 bits per heavy atom. The number of carbonyl (C=O) groups is 2. The number of amides is 2. The third-order valence-corrected chi connectivity index (χ3v) is 4.57. The summed E-state index contributed by atoms with van der Waals surface area (Å²) in [7, 11) is 1.45. The average Bonchev–Trinajstić information content (AvgIpc) is 2.57. The summed E-state index contributed by atoms with van der Waals surface area (Å²) in [4.78, 5) is 29.5. The van der Waals surface area contributed by atoms with E-state index in [2.05, 4.69) is 38.0 Å². The highest BCUT2D eigenvalue weighted by atomic mass is 16.4. The zero-order valence-electron chi connectivity index (χ0n) is 16.7. The van der Waals surface area contributed by atoms with Gasteiger partial charge in [-0.2, -0.15) is 0 Å². The minimum atomic E-state index is -1.11. The number of carbonyl (C=O) groups excluding carboxylic acids is 1. The molecule has 0 radical (unpaired) electrons. The first-order valence-corrected chi connectivity index (χ1v) is 9.17. The topological polar surface area (TPSA) is 82.5 Å². The highest BCUT2D eigenvalue weighted by Gasteiger charge is 2.30. The summed E-state index contributed by atoms with van der Waals surface area (Å²) in [6.07, 6.45) is 3.72. The number of rotatable bonds is 6. The first-order chi connectivity index (χ1) is 12.6. The molecule has 0 aliphatic rings. The summed E-state index contributed by atoms with van der Waals surface area (Å²) in [6.45, 7) is 8.48. The second-order valence-electron chi connectivity index (χ2n) is 8.44. The maximum absolute atomic E-state index is 12.9. The Kier molecular flexibility index (Phi) is 6.41. The summed E-state index contributed by atoms with van der Waals surface area (Å²) < 4.78 is 0. The van der Waals surface area contributed by atoms with E-state index in [9.17, 15) is 14.7 Å². The number of nitrogens with one attached hydrogen (secondary N) is 1. The van der Waals surface area contributed by atoms with Crippen LogP contribution in [0.2, 0.25) is 0 Å². The highest BCUT2D eigenvalue weighted by Crippen LogP contribution is 2.28. The molecule has 2 atom stereocenters. The van der Waals surface area contributed by atoms with Gasteiger partial charge in [0.15, 0.2) is 0 Å². The lowest BCUT2D eigenvalue weighted by molar-refractivity contribution is -0.121. The van der Waals surface area contributed by atoms with Crippen molar-refractivity contribution in [3.05, 3.63) is 36.7 Å². The fraction of sp³-hybridized carbons (Fsp3) is 0.476. The molecule has 0 fully saturated rings. The van der Waals surface area contributed by atoms with Crippen LogP contribution in [0.25, 0.3) is 10.8 Å². The van der Waals surface area contributed by atoms with Gasteiger partial charge in [0, 0.05) is 30.5 Å². The van der Waals surface area contributed by atoms with E-state index in [1.165, 1.54) is 7.05 Å². The first kappa shape index (κ1) is 20.7. The smallest absolute Gasteiger partial charge is 0.407 e. The lowest BCUT2D eigenvalue weighted by atomic mass is 9.82. The molecule has 0 spiro atoms. The Morgan fingerprint density at radius 1 is 1.22 bits per heavy atom. The minimum absolute atomic E-state index is 0.119. The number of carboxylic acid groups (broad SMARTS) is 1. The molecule has 1 aromatic carbocycles. The van der Waals surface area contributed by atoms with E-state index < -0.39 is 12.1 Å². The summed E-state index contributed by atoms with van der Waals surface area (Å²) in [6, 6.07) is 6.72. The number of anilines is 1. The number of nitrogens with zero attached hydrogens (tertiary/aromatic N) is 2. The van der Waals surface area contributed by atoms with E-state index in [4.69, 9.17) is 0 Å². The Labute approximate surface area is 160 Å². The second-order valence-corrected chi connectivity index (χ2v) is 8.44. The number of benzene rings is 1. The fourth-order valence-corrected chi connectivity index (χ4v) is 3.47. The molecule has 27 heavy (non-hydrogen) atoms. The molecule has 1 heterocycles. The van der Waals surface area contributed by atoms with Crippen LogP contribution >= 0.6 is 0 Å². The molecule has 0 bridgehead atoms. The molecule has 2 N–H and O–H groups in total. The highest BCUT2D eigenvalue weighted by molar-refractivity contribution is 5.98. The van der Waals surface area contributed by atoms with Gasteiger partial charge in [-0.05, 0) is 47.8 Å². The SMILES string of the molecule is CC(C[C@@H](C(=O)Nc1ccc2ccncc2c1)N(C)C(=O)O)CC(C)(C)C. The quantitative estimate of drug-likeness (QED) is 0.776. The van der Waals surface area contributed by atoms with Crippen LogP contribution in [0, 0.1) is 11.3 Å². The van der Waals surface area contributed by atoms with Gasteiger partial charge in [0.2, 0.25) is 5.91 Å². The van der Waals surface area contributed by atoms with Crippen LogP contribution in [0.5, 0.6) is 0 Å². The lowest BCUT2D eigenvalue weighted by Gasteiger charge is -2.30. The third kappa shape index (κ3) is 5.94. The number of likely N-dealkylation sites (N-methyl/N-ethyl adjacent to an activating group) is 1. The molecule has 0 aliphatic carbocycles. The number of hydrogen-bond donors (Lipinski definition) is 2. The Bertz CT molecular complexity index is 814. The van der Waals surface area contributed by atoms with Crippen molar-refractivity contribution < 1.29 is 14.7 Å². The van der Waals surface area contributed by atoms with Crippen molar-refractivity contribution in [2.24, 2.45) is 11.3 Å². The van der Waals surface area contributed by atoms with E-state index in [1.54, 1.807) is 12.4 Å². The van der Waals surface area contributed by atoms with Gasteiger partial charge in [0.05, 0.1) is 0 Å². The maximum atomic E-state index is 12.9. The van der Waals surface area contributed by atoms with Crippen LogP contribution in [0.1, 0.15) is 40.5 Å². The summed E-state index contributed by atoms with van der Waals surface area (Å²) >= 11 is 0. The van der Waals surface area contributed by atoms with Crippen molar-refractivity contribution in [1.29, 1.82) is 0 Å². The molecule has 0 saturated heterocycles. The van der Waals surface area contributed by atoms with Crippen LogP contribution in [0.15, 0.2) is 36.7 Å². The van der Waals surface area contributed by atoms with Crippen LogP contribution in [0.4, 0.5) is 10.5 Å². The van der Waals surface area contributed by atoms with Gasteiger partial charge in [-0.3, -0.25) is 14.7 Å². The number of hydrogen-bond acceptors (Lipinski definition) is 3. The van der Waals surface area contributed by atoms with Crippen LogP contribution in [0.3, 0.4) is 0 Å². The molecule has 0 aliphatic heterocycles. The minimum Gasteiger partial charge on any atom is -0.465 e. The van der Waals surface area contributed by atoms with Crippen LogP contribution in [-0.4, -0.2) is 40.1 Å². The van der Waals surface area contributed by atoms with Gasteiger partial charge < -0.3 is 10.4 Å². The molecule has 146 valence electrons. The van der Waals surface area contributed by atoms with Crippen LogP contribution in [-0.2, 0) is 4.79 Å². The van der Waals surface area contributed by atoms with Gasteiger partial charge in [0.1, 0.15) is 6.04 Å². The monoisotopic (exact) mass is 371 g/mol. The summed E-state index contributed by atoms with van der Waals surface area (Å²) in [5.41, 5.74) is 0.751. The summed E-state index contributed by atoms with van der Waals surface area (Å²) in [5, 5.41) is 14.2. The van der Waals surface area contributed by atoms with Gasteiger partial charge in [-0.15, -0.1) is 0 Å². The van der Waals surface area contributed by atoms with Crippen molar-refractivity contribution in [3.8, 4) is 0 Å². The van der Waals surface area contributed by atoms with Gasteiger partial charge >= 0.3 is 6.09 Å². The van der Waals surface area contributed by atoms with Crippen molar-refractivity contribution in [2.45, 2.75) is 46.6 Å². The molecule has 2 amide bonds. The predicted molar refractivity (Wildman–Crippen MR) is 108 cm³/mol. The molecule has 2 rings (SSSR count). The fourth-order valence-electron chi connectivity index (χ4n) is 3.47. The van der Waals surface area contributed by atoms with E-state index in [0.29, 0.717) is 12.1 Å². The van der Waals surface area contributed by atoms with E-state index in [0.717, 1.165) is 22.1 Å². The van der Waals surface area contributed by atoms with Crippen molar-refractivity contribution in [3.63, 3.8) is 0 Å². The van der Waals surface area contributed by atoms with Gasteiger partial charge in [0.25, 0.3) is 0 Å². The molecular formula is C21H29N3O3. The lowest BCUT2D eigenvalue weighted by Crippen LogP contribution is -2.45. The average molecular weight is 371 g/mol. The largest absolute Gasteiger partial charge is 0.465 e. The summed E-state index contributed by atoms with van der Waals surface area (Å²) in [5.74, 6) is -0.104. The second kappa shape index (κ2) is 8.37. The van der Waals surface area contributed by atoms with Crippen molar-refractivity contribution in [1.82, 2.24) is 9.88 Å². The number of pyridine rings is 1. The van der Waals surface area contributed by atoms with Crippen LogP contribution < -0.4 is 5.32 Å². The molecule has 2 aromatic rings. The Hall–Kier alpha value is -2.63. The van der Waals surface area contributed by atoms with E-state index >= 15 is 0 Å². The molecule has 0 saturated carbocycles. The number of aromatic nitrogens is 1. The van der Waals surface area contributed by atoms with Gasteiger partial charge in [-0.25, -0.2) is 4.79 Å². The first-order valence-electron chi connectivity index (χ1n) is 9.17.